The summed E-state index contributed by atoms with van der Waals surface area (Å²) in [5, 5.41) is 0. The zero-order valence-corrected chi connectivity index (χ0v) is 7.73. The van der Waals surface area contributed by atoms with Crippen molar-refractivity contribution in [1.29, 1.82) is 0 Å². The lowest BCUT2D eigenvalue weighted by Crippen LogP contribution is -2.17. The molecule has 1 aromatic rings. The van der Waals surface area contributed by atoms with Gasteiger partial charge < -0.3 is 15.0 Å². The molecule has 0 radical (unpaired) electrons. The summed E-state index contributed by atoms with van der Waals surface area (Å²) in [6.45, 7) is 2.00. The first-order chi connectivity index (χ1) is 6.15. The number of methoxy groups -OCH3 is 1. The highest BCUT2D eigenvalue weighted by Gasteiger charge is 2.09. The Labute approximate surface area is 76.5 Å². The normalized spacial score (nSPS) is 12.5. The fraction of sp³-hybridized carbons (Fsp3) is 0.500. The van der Waals surface area contributed by atoms with Crippen molar-refractivity contribution in [2.75, 3.05) is 7.11 Å². The molecule has 1 aromatic heterocycles. The highest BCUT2D eigenvalue weighted by molar-refractivity contribution is 5.69. The molecule has 0 amide bonds. The van der Waals surface area contributed by atoms with Crippen molar-refractivity contribution in [2.45, 2.75) is 19.5 Å². The number of carbonyl (C=O) groups excluding carboxylic acids is 1. The molecule has 0 spiro atoms. The molecule has 0 saturated carbocycles. The van der Waals surface area contributed by atoms with Crippen LogP contribution in [0.3, 0.4) is 0 Å². The highest BCUT2D eigenvalue weighted by atomic mass is 16.5. The number of esters is 1. The van der Waals surface area contributed by atoms with Crippen LogP contribution in [0.5, 0.6) is 0 Å². The van der Waals surface area contributed by atoms with Crippen LogP contribution in [0.2, 0.25) is 0 Å². The van der Waals surface area contributed by atoms with E-state index in [0.717, 1.165) is 5.69 Å². The summed E-state index contributed by atoms with van der Waals surface area (Å²) >= 11 is 0. The van der Waals surface area contributed by atoms with E-state index in [4.69, 9.17) is 5.73 Å². The molecule has 1 rings (SSSR count). The highest BCUT2D eigenvalue weighted by Crippen LogP contribution is 2.08. The predicted octanol–water partition coefficient (Wildman–Crippen LogP) is 0.0758. The maximum Gasteiger partial charge on any atom is 0.325 e. The SMILES string of the molecule is COC(=O)Cn1cncc1[C@H](C)N. The van der Waals surface area contributed by atoms with Crippen LogP contribution in [0.4, 0.5) is 0 Å². The molecule has 2 N–H and O–H groups in total. The van der Waals surface area contributed by atoms with E-state index in [1.54, 1.807) is 17.1 Å². The Kier molecular flexibility index (Phi) is 3.02. The Morgan fingerprint density at radius 2 is 2.54 bits per heavy atom. The van der Waals surface area contributed by atoms with Crippen molar-refractivity contribution < 1.29 is 9.53 Å². The Morgan fingerprint density at radius 3 is 3.08 bits per heavy atom. The molecular weight excluding hydrogens is 170 g/mol. The summed E-state index contributed by atoms with van der Waals surface area (Å²) in [7, 11) is 1.35. The third-order valence-corrected chi connectivity index (χ3v) is 1.74. The molecule has 13 heavy (non-hydrogen) atoms. The first kappa shape index (κ1) is 9.73. The molecule has 0 bridgehead atoms. The molecule has 0 saturated heterocycles. The third-order valence-electron chi connectivity index (χ3n) is 1.74. The summed E-state index contributed by atoms with van der Waals surface area (Å²) in [4.78, 5) is 14.8. The number of rotatable bonds is 3. The molecule has 0 aliphatic heterocycles. The number of nitrogens with zero attached hydrogens (tertiary/aromatic N) is 2. The van der Waals surface area contributed by atoms with Gasteiger partial charge in [0.05, 0.1) is 19.1 Å². The summed E-state index contributed by atoms with van der Waals surface area (Å²) < 4.78 is 6.21. The minimum Gasteiger partial charge on any atom is -0.468 e. The standard InChI is InChI=1S/C8H13N3O2/c1-6(9)7-3-10-5-11(7)4-8(12)13-2/h3,5-6H,4,9H2,1-2H3/t6-/m0/s1. The number of imidazole rings is 1. The largest absolute Gasteiger partial charge is 0.468 e. The Hall–Kier alpha value is -1.36. The van der Waals surface area contributed by atoms with E-state index in [1.807, 2.05) is 6.92 Å². The van der Waals surface area contributed by atoms with E-state index in [9.17, 15) is 4.79 Å². The predicted molar refractivity (Wildman–Crippen MR) is 46.8 cm³/mol. The number of ether oxygens (including phenoxy) is 1. The van der Waals surface area contributed by atoms with Crippen LogP contribution in [0.15, 0.2) is 12.5 Å². The molecule has 0 aromatic carbocycles. The number of hydrogen-bond donors (Lipinski definition) is 1. The first-order valence-electron chi connectivity index (χ1n) is 3.97. The van der Waals surface area contributed by atoms with Crippen molar-refractivity contribution in [1.82, 2.24) is 9.55 Å². The maximum absolute atomic E-state index is 10.9. The number of hydrogen-bond acceptors (Lipinski definition) is 4. The van der Waals surface area contributed by atoms with E-state index in [0.29, 0.717) is 0 Å². The van der Waals surface area contributed by atoms with Gasteiger partial charge in [-0.05, 0) is 6.92 Å². The second-order valence-electron chi connectivity index (χ2n) is 2.81. The second kappa shape index (κ2) is 4.04. The zero-order chi connectivity index (χ0) is 9.84. The molecule has 5 nitrogen and oxygen atoms in total. The molecular formula is C8H13N3O2. The summed E-state index contributed by atoms with van der Waals surface area (Å²) in [5.41, 5.74) is 6.49. The van der Waals surface area contributed by atoms with Crippen LogP contribution in [0.1, 0.15) is 18.7 Å². The topological polar surface area (TPSA) is 70.1 Å². The minimum atomic E-state index is -0.306. The second-order valence-corrected chi connectivity index (χ2v) is 2.81. The van der Waals surface area contributed by atoms with Crippen LogP contribution < -0.4 is 5.73 Å². The Morgan fingerprint density at radius 1 is 1.85 bits per heavy atom. The molecule has 1 heterocycles. The van der Waals surface area contributed by atoms with Gasteiger partial charge in [-0.3, -0.25) is 4.79 Å². The summed E-state index contributed by atoms with van der Waals surface area (Å²) in [6.07, 6.45) is 3.21. The van der Waals surface area contributed by atoms with E-state index in [-0.39, 0.29) is 18.6 Å². The lowest BCUT2D eigenvalue weighted by molar-refractivity contribution is -0.141. The molecule has 1 atom stereocenters. The minimum absolute atomic E-state index is 0.132. The van der Waals surface area contributed by atoms with Gasteiger partial charge in [0.25, 0.3) is 0 Å². The number of nitrogens with two attached hydrogens (primary N) is 1. The van der Waals surface area contributed by atoms with E-state index < -0.39 is 0 Å². The van der Waals surface area contributed by atoms with Crippen LogP contribution >= 0.6 is 0 Å². The van der Waals surface area contributed by atoms with Gasteiger partial charge >= 0.3 is 5.97 Å². The van der Waals surface area contributed by atoms with Crippen molar-refractivity contribution in [2.24, 2.45) is 5.73 Å². The quantitative estimate of drug-likeness (QED) is 0.673. The molecule has 5 heteroatoms. The van der Waals surface area contributed by atoms with Crippen molar-refractivity contribution in [3.63, 3.8) is 0 Å². The van der Waals surface area contributed by atoms with Gasteiger partial charge in [-0.1, -0.05) is 0 Å². The number of carbonyl (C=O) groups is 1. The van der Waals surface area contributed by atoms with E-state index in [1.165, 1.54) is 7.11 Å². The van der Waals surface area contributed by atoms with Crippen molar-refractivity contribution >= 4 is 5.97 Å². The van der Waals surface area contributed by atoms with Crippen LogP contribution in [0, 0.1) is 0 Å². The van der Waals surface area contributed by atoms with Crippen LogP contribution in [0.25, 0.3) is 0 Å². The van der Waals surface area contributed by atoms with Crippen LogP contribution in [-0.4, -0.2) is 22.6 Å². The van der Waals surface area contributed by atoms with Crippen LogP contribution in [-0.2, 0) is 16.1 Å². The van der Waals surface area contributed by atoms with Gasteiger partial charge in [-0.15, -0.1) is 0 Å². The monoisotopic (exact) mass is 183 g/mol. The lowest BCUT2D eigenvalue weighted by Gasteiger charge is -2.08. The average Bonchev–Trinajstić information content (AvgIpc) is 2.52. The average molecular weight is 183 g/mol. The number of aromatic nitrogens is 2. The lowest BCUT2D eigenvalue weighted by atomic mass is 10.3. The molecule has 72 valence electrons. The summed E-state index contributed by atoms with van der Waals surface area (Å²) in [6, 6.07) is -0.132. The van der Waals surface area contributed by atoms with Gasteiger partial charge in [0.1, 0.15) is 6.54 Å². The maximum atomic E-state index is 10.9. The fourth-order valence-electron chi connectivity index (χ4n) is 1.05. The van der Waals surface area contributed by atoms with Gasteiger partial charge in [-0.25, -0.2) is 4.98 Å². The van der Waals surface area contributed by atoms with Gasteiger partial charge in [0.2, 0.25) is 0 Å². The van der Waals surface area contributed by atoms with Gasteiger partial charge in [0.15, 0.2) is 0 Å². The van der Waals surface area contributed by atoms with Crippen molar-refractivity contribution in [3.8, 4) is 0 Å². The Bertz CT molecular complexity index is 293. The zero-order valence-electron chi connectivity index (χ0n) is 7.73. The molecule has 0 fully saturated rings. The smallest absolute Gasteiger partial charge is 0.325 e. The van der Waals surface area contributed by atoms with E-state index >= 15 is 0 Å². The van der Waals surface area contributed by atoms with Crippen molar-refractivity contribution in [3.05, 3.63) is 18.2 Å². The first-order valence-corrected chi connectivity index (χ1v) is 3.97. The fourth-order valence-corrected chi connectivity index (χ4v) is 1.05. The molecule has 0 aliphatic carbocycles. The Balaban J connectivity index is 2.76. The summed E-state index contributed by atoms with van der Waals surface area (Å²) in [5.74, 6) is -0.306. The molecule has 0 unspecified atom stereocenters. The van der Waals surface area contributed by atoms with E-state index in [2.05, 4.69) is 9.72 Å². The van der Waals surface area contributed by atoms with Gasteiger partial charge in [-0.2, -0.15) is 0 Å². The molecule has 0 aliphatic rings. The third kappa shape index (κ3) is 2.29. The van der Waals surface area contributed by atoms with Gasteiger partial charge in [0, 0.05) is 12.2 Å².